The van der Waals surface area contributed by atoms with Gasteiger partial charge in [-0.3, -0.25) is 9.59 Å². The highest BCUT2D eigenvalue weighted by Gasteiger charge is 2.35. The first-order valence-corrected chi connectivity index (χ1v) is 10.5. The minimum atomic E-state index is -0.446. The summed E-state index contributed by atoms with van der Waals surface area (Å²) < 4.78 is 11.5. The van der Waals surface area contributed by atoms with Crippen LogP contribution in [0.2, 0.25) is 0 Å². The Bertz CT molecular complexity index is 1150. The van der Waals surface area contributed by atoms with E-state index < -0.39 is 11.5 Å². The fraction of sp³-hybridized carbons (Fsp3) is 0.231. The Morgan fingerprint density at radius 1 is 1.06 bits per heavy atom. The Morgan fingerprint density at radius 2 is 1.84 bits per heavy atom. The fourth-order valence-corrected chi connectivity index (χ4v) is 3.80. The second-order valence-corrected chi connectivity index (χ2v) is 8.53. The fourth-order valence-electron chi connectivity index (χ4n) is 3.80. The molecule has 2 amide bonds. The molecule has 6 heteroatoms. The first-order chi connectivity index (χ1) is 15.3. The SMILES string of the molecule is Cc1ccc2c(c1)[C@@H](NC(=O)/C(=C/c1ccco1)NC(=O)c1ccccc1)CC(C)(C)O2. The van der Waals surface area contributed by atoms with Crippen LogP contribution in [-0.2, 0) is 4.79 Å². The molecule has 0 fully saturated rings. The summed E-state index contributed by atoms with van der Waals surface area (Å²) >= 11 is 0. The molecule has 0 bridgehead atoms. The van der Waals surface area contributed by atoms with Crippen molar-refractivity contribution < 1.29 is 18.7 Å². The molecule has 1 aliphatic heterocycles. The van der Waals surface area contributed by atoms with E-state index in [-0.39, 0.29) is 17.6 Å². The summed E-state index contributed by atoms with van der Waals surface area (Å²) in [7, 11) is 0. The number of amides is 2. The van der Waals surface area contributed by atoms with Crippen LogP contribution in [0.3, 0.4) is 0 Å². The number of nitrogens with one attached hydrogen (secondary N) is 2. The van der Waals surface area contributed by atoms with Crippen molar-refractivity contribution in [2.75, 3.05) is 0 Å². The summed E-state index contributed by atoms with van der Waals surface area (Å²) in [4.78, 5) is 26.1. The van der Waals surface area contributed by atoms with Crippen molar-refractivity contribution in [3.8, 4) is 5.75 Å². The van der Waals surface area contributed by atoms with Gasteiger partial charge in [0.2, 0.25) is 0 Å². The predicted molar refractivity (Wildman–Crippen MR) is 122 cm³/mol. The maximum Gasteiger partial charge on any atom is 0.268 e. The van der Waals surface area contributed by atoms with Gasteiger partial charge in [0, 0.05) is 23.6 Å². The number of carbonyl (C=O) groups is 2. The summed E-state index contributed by atoms with van der Waals surface area (Å²) in [6.45, 7) is 5.98. The molecular weight excluding hydrogens is 404 g/mol. The van der Waals surface area contributed by atoms with E-state index in [4.69, 9.17) is 9.15 Å². The zero-order valence-corrected chi connectivity index (χ0v) is 18.3. The summed E-state index contributed by atoms with van der Waals surface area (Å²) in [5, 5.41) is 5.82. The minimum absolute atomic E-state index is 0.104. The average molecular weight is 431 g/mol. The van der Waals surface area contributed by atoms with Gasteiger partial charge in [0.15, 0.2) is 0 Å². The average Bonchev–Trinajstić information content (AvgIpc) is 3.27. The summed E-state index contributed by atoms with van der Waals surface area (Å²) in [6, 6.07) is 17.9. The molecular formula is C26H26N2O4. The molecule has 0 radical (unpaired) electrons. The molecule has 0 unspecified atom stereocenters. The number of aryl methyl sites for hydroxylation is 1. The summed E-state index contributed by atoms with van der Waals surface area (Å²) in [5.41, 5.74) is 2.11. The van der Waals surface area contributed by atoms with Gasteiger partial charge in [0.05, 0.1) is 12.3 Å². The zero-order valence-electron chi connectivity index (χ0n) is 18.3. The second-order valence-electron chi connectivity index (χ2n) is 8.53. The topological polar surface area (TPSA) is 80.6 Å². The van der Waals surface area contributed by atoms with Crippen molar-refractivity contribution in [2.45, 2.75) is 38.8 Å². The highest BCUT2D eigenvalue weighted by atomic mass is 16.5. The van der Waals surface area contributed by atoms with E-state index in [1.54, 1.807) is 36.4 Å². The van der Waals surface area contributed by atoms with Gasteiger partial charge in [-0.1, -0.05) is 35.9 Å². The Hall–Kier alpha value is -3.80. The Balaban J connectivity index is 1.62. The van der Waals surface area contributed by atoms with Crippen LogP contribution in [0.15, 0.2) is 77.0 Å². The van der Waals surface area contributed by atoms with Gasteiger partial charge in [-0.05, 0) is 51.1 Å². The third kappa shape index (κ3) is 4.91. The molecule has 3 aromatic rings. The van der Waals surface area contributed by atoms with E-state index in [1.807, 2.05) is 45.0 Å². The van der Waals surface area contributed by atoms with Gasteiger partial charge in [-0.15, -0.1) is 0 Å². The number of hydrogen-bond donors (Lipinski definition) is 2. The molecule has 2 N–H and O–H groups in total. The molecule has 1 aliphatic rings. The van der Waals surface area contributed by atoms with Gasteiger partial charge in [0.25, 0.3) is 11.8 Å². The van der Waals surface area contributed by atoms with E-state index in [9.17, 15) is 9.59 Å². The van der Waals surface area contributed by atoms with E-state index in [1.165, 1.54) is 12.3 Å². The lowest BCUT2D eigenvalue weighted by Gasteiger charge is -2.38. The van der Waals surface area contributed by atoms with Gasteiger partial charge in [-0.2, -0.15) is 0 Å². The van der Waals surface area contributed by atoms with Crippen LogP contribution in [0.5, 0.6) is 5.75 Å². The molecule has 0 saturated heterocycles. The molecule has 2 heterocycles. The van der Waals surface area contributed by atoms with Crippen LogP contribution in [0.25, 0.3) is 6.08 Å². The quantitative estimate of drug-likeness (QED) is 0.571. The number of carbonyl (C=O) groups excluding carboxylic acids is 2. The number of rotatable bonds is 5. The lowest BCUT2D eigenvalue weighted by atomic mass is 9.89. The van der Waals surface area contributed by atoms with Gasteiger partial charge >= 0.3 is 0 Å². The van der Waals surface area contributed by atoms with Gasteiger partial charge in [-0.25, -0.2) is 0 Å². The number of fused-ring (bicyclic) bond motifs is 1. The van der Waals surface area contributed by atoms with E-state index >= 15 is 0 Å². The van der Waals surface area contributed by atoms with E-state index in [2.05, 4.69) is 10.6 Å². The number of ether oxygens (including phenoxy) is 1. The number of benzene rings is 2. The molecule has 0 saturated carbocycles. The zero-order chi connectivity index (χ0) is 22.7. The third-order valence-corrected chi connectivity index (χ3v) is 5.29. The first kappa shape index (κ1) is 21.4. The van der Waals surface area contributed by atoms with Crippen LogP contribution in [0.4, 0.5) is 0 Å². The molecule has 1 atom stereocenters. The lowest BCUT2D eigenvalue weighted by Crippen LogP contribution is -2.43. The standard InChI is InChI=1S/C26H26N2O4/c1-17-11-12-23-20(14-17)22(16-26(2,3)32-23)28-25(30)21(15-19-10-7-13-31-19)27-24(29)18-8-5-4-6-9-18/h4-15,22H,16H2,1-3H3,(H,27,29)(H,28,30)/b21-15-/t22-/m0/s1. The van der Waals surface area contributed by atoms with Crippen LogP contribution in [0.1, 0.15) is 53.6 Å². The monoisotopic (exact) mass is 430 g/mol. The Morgan fingerprint density at radius 3 is 2.56 bits per heavy atom. The Kier molecular flexibility index (Phi) is 5.86. The van der Waals surface area contributed by atoms with Crippen molar-refractivity contribution in [1.29, 1.82) is 0 Å². The number of hydrogen-bond acceptors (Lipinski definition) is 4. The van der Waals surface area contributed by atoms with Crippen molar-refractivity contribution in [3.05, 3.63) is 95.1 Å². The van der Waals surface area contributed by atoms with Crippen molar-refractivity contribution >= 4 is 17.9 Å². The summed E-state index contributed by atoms with van der Waals surface area (Å²) in [6.07, 6.45) is 3.63. The van der Waals surface area contributed by atoms with Crippen molar-refractivity contribution in [1.82, 2.24) is 10.6 Å². The molecule has 4 rings (SSSR count). The van der Waals surface area contributed by atoms with Crippen molar-refractivity contribution in [3.63, 3.8) is 0 Å². The highest BCUT2D eigenvalue weighted by Crippen LogP contribution is 2.40. The van der Waals surface area contributed by atoms with E-state index in [0.29, 0.717) is 17.7 Å². The number of furan rings is 1. The van der Waals surface area contributed by atoms with Crippen LogP contribution in [-0.4, -0.2) is 17.4 Å². The van der Waals surface area contributed by atoms with Gasteiger partial charge < -0.3 is 19.8 Å². The van der Waals surface area contributed by atoms with Crippen LogP contribution < -0.4 is 15.4 Å². The maximum atomic E-state index is 13.3. The molecule has 6 nitrogen and oxygen atoms in total. The van der Waals surface area contributed by atoms with E-state index in [0.717, 1.165) is 16.9 Å². The normalized spacial score (nSPS) is 17.1. The molecule has 2 aromatic carbocycles. The molecule has 0 spiro atoms. The summed E-state index contributed by atoms with van der Waals surface area (Å²) in [5.74, 6) is 0.442. The molecule has 1 aromatic heterocycles. The van der Waals surface area contributed by atoms with Crippen LogP contribution >= 0.6 is 0 Å². The van der Waals surface area contributed by atoms with Gasteiger partial charge in [0.1, 0.15) is 22.8 Å². The highest BCUT2D eigenvalue weighted by molar-refractivity contribution is 6.05. The Labute approximate surface area is 187 Å². The minimum Gasteiger partial charge on any atom is -0.487 e. The van der Waals surface area contributed by atoms with Crippen LogP contribution in [0, 0.1) is 6.92 Å². The lowest BCUT2D eigenvalue weighted by molar-refractivity contribution is -0.119. The van der Waals surface area contributed by atoms with Crippen molar-refractivity contribution in [2.24, 2.45) is 0 Å². The molecule has 32 heavy (non-hydrogen) atoms. The molecule has 0 aliphatic carbocycles. The molecule has 164 valence electrons. The predicted octanol–water partition coefficient (Wildman–Crippen LogP) is 4.78. The largest absolute Gasteiger partial charge is 0.487 e. The first-order valence-electron chi connectivity index (χ1n) is 10.5. The second kappa shape index (κ2) is 8.75. The third-order valence-electron chi connectivity index (χ3n) is 5.29. The maximum absolute atomic E-state index is 13.3. The smallest absolute Gasteiger partial charge is 0.268 e.